The number of carbonyl (C=O) groups is 1. The quantitative estimate of drug-likeness (QED) is 0.546. The van der Waals surface area contributed by atoms with Crippen molar-refractivity contribution in [3.05, 3.63) is 70.3 Å². The van der Waals surface area contributed by atoms with Gasteiger partial charge in [0.2, 0.25) is 5.78 Å². The number of aryl methyl sites for hydroxylation is 1. The molecule has 1 fully saturated rings. The SMILES string of the molecule is Cn1c(=O)c2ccccc2n2c(CNc3ccccc3C(=O)NC3CC3)nnc12. The van der Waals surface area contributed by atoms with Crippen molar-refractivity contribution < 1.29 is 4.79 Å². The Kier molecular flexibility index (Phi) is 4.04. The lowest BCUT2D eigenvalue weighted by Crippen LogP contribution is -2.26. The first-order valence-corrected chi connectivity index (χ1v) is 9.59. The van der Waals surface area contributed by atoms with Gasteiger partial charge in [-0.2, -0.15) is 0 Å². The van der Waals surface area contributed by atoms with Gasteiger partial charge in [-0.3, -0.25) is 18.6 Å². The Balaban J connectivity index is 1.51. The van der Waals surface area contributed by atoms with Crippen LogP contribution in [-0.2, 0) is 13.6 Å². The van der Waals surface area contributed by atoms with Gasteiger partial charge in [0.25, 0.3) is 11.5 Å². The summed E-state index contributed by atoms with van der Waals surface area (Å²) < 4.78 is 3.37. The minimum absolute atomic E-state index is 0.0745. The summed E-state index contributed by atoms with van der Waals surface area (Å²) in [5.74, 6) is 1.06. The monoisotopic (exact) mass is 388 g/mol. The van der Waals surface area contributed by atoms with Gasteiger partial charge in [-0.05, 0) is 37.1 Å². The van der Waals surface area contributed by atoms with Gasteiger partial charge in [0.05, 0.1) is 23.0 Å². The van der Waals surface area contributed by atoms with Gasteiger partial charge < -0.3 is 10.6 Å². The summed E-state index contributed by atoms with van der Waals surface area (Å²) in [5, 5.41) is 15.4. The number of rotatable bonds is 5. The molecule has 2 N–H and O–H groups in total. The second-order valence-electron chi connectivity index (χ2n) is 7.28. The molecule has 2 aromatic heterocycles. The fraction of sp³-hybridized carbons (Fsp3) is 0.238. The van der Waals surface area contributed by atoms with E-state index in [1.807, 2.05) is 40.8 Å². The molecular formula is C21H20N6O2. The zero-order chi connectivity index (χ0) is 20.0. The van der Waals surface area contributed by atoms with Crippen LogP contribution in [0, 0.1) is 0 Å². The molecule has 0 spiro atoms. The van der Waals surface area contributed by atoms with Gasteiger partial charge in [-0.15, -0.1) is 10.2 Å². The highest BCUT2D eigenvalue weighted by molar-refractivity contribution is 5.99. The standard InChI is InChI=1S/C21H20N6O2/c1-26-20(29)15-7-3-5-9-17(15)27-18(24-25-21(26)27)12-22-16-8-4-2-6-14(16)19(28)23-13-10-11-13/h2-9,13,22H,10-12H2,1H3,(H,23,28). The molecule has 0 saturated heterocycles. The molecule has 8 heteroatoms. The van der Waals surface area contributed by atoms with Crippen LogP contribution in [-0.4, -0.2) is 31.1 Å². The highest BCUT2D eigenvalue weighted by Gasteiger charge is 2.24. The molecule has 8 nitrogen and oxygen atoms in total. The molecule has 0 radical (unpaired) electrons. The van der Waals surface area contributed by atoms with E-state index in [1.54, 1.807) is 19.2 Å². The number of nitrogens with zero attached hydrogens (tertiary/aromatic N) is 4. The Morgan fingerprint density at radius 1 is 1.10 bits per heavy atom. The van der Waals surface area contributed by atoms with Crippen LogP contribution in [0.3, 0.4) is 0 Å². The average molecular weight is 388 g/mol. The summed E-state index contributed by atoms with van der Waals surface area (Å²) in [5.41, 5.74) is 1.98. The molecule has 2 aromatic carbocycles. The summed E-state index contributed by atoms with van der Waals surface area (Å²) in [4.78, 5) is 25.1. The molecule has 0 atom stereocenters. The number of aromatic nitrogens is 4. The predicted octanol–water partition coefficient (Wildman–Crippen LogP) is 2.09. The number of hydrogen-bond donors (Lipinski definition) is 2. The lowest BCUT2D eigenvalue weighted by molar-refractivity contribution is 0.0952. The number of nitrogens with one attached hydrogen (secondary N) is 2. The second kappa shape index (κ2) is 6.73. The van der Waals surface area contributed by atoms with E-state index in [0.717, 1.165) is 24.0 Å². The van der Waals surface area contributed by atoms with Crippen LogP contribution in [0.4, 0.5) is 5.69 Å². The van der Waals surface area contributed by atoms with E-state index in [0.29, 0.717) is 35.1 Å². The normalized spacial score (nSPS) is 13.7. The van der Waals surface area contributed by atoms with Crippen molar-refractivity contribution in [2.75, 3.05) is 5.32 Å². The third kappa shape index (κ3) is 3.02. The third-order valence-electron chi connectivity index (χ3n) is 5.21. The van der Waals surface area contributed by atoms with E-state index >= 15 is 0 Å². The number of benzene rings is 2. The van der Waals surface area contributed by atoms with E-state index in [4.69, 9.17) is 0 Å². The smallest absolute Gasteiger partial charge is 0.262 e. The summed E-state index contributed by atoms with van der Waals surface area (Å²) in [7, 11) is 1.69. The molecule has 5 rings (SSSR count). The lowest BCUT2D eigenvalue weighted by Gasteiger charge is -2.12. The highest BCUT2D eigenvalue weighted by Crippen LogP contribution is 2.22. The average Bonchev–Trinajstić information content (AvgIpc) is 3.46. The largest absolute Gasteiger partial charge is 0.377 e. The number of anilines is 1. The number of para-hydroxylation sites is 2. The number of carbonyl (C=O) groups excluding carboxylic acids is 1. The minimum Gasteiger partial charge on any atom is -0.377 e. The van der Waals surface area contributed by atoms with Gasteiger partial charge in [-0.1, -0.05) is 24.3 Å². The Bertz CT molecular complexity index is 1300. The molecule has 2 heterocycles. The highest BCUT2D eigenvalue weighted by atomic mass is 16.2. The van der Waals surface area contributed by atoms with Gasteiger partial charge >= 0.3 is 0 Å². The first kappa shape index (κ1) is 17.4. The second-order valence-corrected chi connectivity index (χ2v) is 7.28. The van der Waals surface area contributed by atoms with E-state index in [-0.39, 0.29) is 11.5 Å². The maximum Gasteiger partial charge on any atom is 0.262 e. The van der Waals surface area contributed by atoms with Crippen molar-refractivity contribution in [1.82, 2.24) is 24.5 Å². The Morgan fingerprint density at radius 3 is 2.69 bits per heavy atom. The van der Waals surface area contributed by atoms with Crippen LogP contribution in [0.25, 0.3) is 16.7 Å². The first-order chi connectivity index (χ1) is 14.1. The maximum absolute atomic E-state index is 12.6. The van der Waals surface area contributed by atoms with Crippen LogP contribution < -0.4 is 16.2 Å². The molecule has 1 aliphatic carbocycles. The number of amides is 1. The molecule has 1 aliphatic rings. The third-order valence-corrected chi connectivity index (χ3v) is 5.21. The number of fused-ring (bicyclic) bond motifs is 3. The Hall–Kier alpha value is -3.68. The summed E-state index contributed by atoms with van der Waals surface area (Å²) in [6.07, 6.45) is 2.08. The molecule has 0 unspecified atom stereocenters. The maximum atomic E-state index is 12.6. The van der Waals surface area contributed by atoms with Gasteiger partial charge in [0.15, 0.2) is 5.82 Å². The number of hydrogen-bond acceptors (Lipinski definition) is 5. The van der Waals surface area contributed by atoms with Crippen LogP contribution in [0.1, 0.15) is 29.0 Å². The summed E-state index contributed by atoms with van der Waals surface area (Å²) in [6.45, 7) is 0.358. The van der Waals surface area contributed by atoms with E-state index < -0.39 is 0 Å². The zero-order valence-electron chi connectivity index (χ0n) is 15.9. The predicted molar refractivity (Wildman–Crippen MR) is 110 cm³/mol. The topological polar surface area (TPSA) is 93.3 Å². The van der Waals surface area contributed by atoms with E-state index in [2.05, 4.69) is 20.8 Å². The van der Waals surface area contributed by atoms with Crippen molar-refractivity contribution in [3.63, 3.8) is 0 Å². The minimum atomic E-state index is -0.109. The molecular weight excluding hydrogens is 368 g/mol. The van der Waals surface area contributed by atoms with Crippen LogP contribution in [0.5, 0.6) is 0 Å². The zero-order valence-corrected chi connectivity index (χ0v) is 15.9. The van der Waals surface area contributed by atoms with Crippen molar-refractivity contribution in [2.45, 2.75) is 25.4 Å². The fourth-order valence-electron chi connectivity index (χ4n) is 3.51. The van der Waals surface area contributed by atoms with Gasteiger partial charge in [0.1, 0.15) is 0 Å². The molecule has 1 saturated carbocycles. The Morgan fingerprint density at radius 2 is 1.86 bits per heavy atom. The van der Waals surface area contributed by atoms with Gasteiger partial charge in [-0.25, -0.2) is 0 Å². The fourth-order valence-corrected chi connectivity index (χ4v) is 3.51. The lowest BCUT2D eigenvalue weighted by atomic mass is 10.1. The van der Waals surface area contributed by atoms with Crippen molar-refractivity contribution in [3.8, 4) is 0 Å². The van der Waals surface area contributed by atoms with Crippen LogP contribution in [0.15, 0.2) is 53.3 Å². The molecule has 0 aliphatic heterocycles. The molecule has 29 heavy (non-hydrogen) atoms. The van der Waals surface area contributed by atoms with Crippen LogP contribution >= 0.6 is 0 Å². The van der Waals surface area contributed by atoms with Crippen LogP contribution in [0.2, 0.25) is 0 Å². The van der Waals surface area contributed by atoms with Crippen molar-refractivity contribution in [2.24, 2.45) is 7.05 Å². The van der Waals surface area contributed by atoms with Crippen molar-refractivity contribution in [1.29, 1.82) is 0 Å². The molecule has 1 amide bonds. The summed E-state index contributed by atoms with van der Waals surface area (Å²) in [6, 6.07) is 15.1. The van der Waals surface area contributed by atoms with E-state index in [1.165, 1.54) is 4.57 Å². The first-order valence-electron chi connectivity index (χ1n) is 9.59. The molecule has 146 valence electrons. The molecule has 0 bridgehead atoms. The van der Waals surface area contributed by atoms with Gasteiger partial charge in [0, 0.05) is 18.8 Å². The van der Waals surface area contributed by atoms with E-state index in [9.17, 15) is 9.59 Å². The summed E-state index contributed by atoms with van der Waals surface area (Å²) >= 11 is 0. The molecule has 4 aromatic rings. The van der Waals surface area contributed by atoms with Crippen molar-refractivity contribution >= 4 is 28.3 Å². The Labute approximate surface area is 166 Å².